The molecule has 2 heterocycles. The van der Waals surface area contributed by atoms with Gasteiger partial charge in [0.1, 0.15) is 34.8 Å². The summed E-state index contributed by atoms with van der Waals surface area (Å²) in [7, 11) is 0. The lowest BCUT2D eigenvalue weighted by atomic mass is 10.1. The van der Waals surface area contributed by atoms with Crippen molar-refractivity contribution in [2.24, 2.45) is 10.7 Å². The monoisotopic (exact) mass is 512 g/mol. The molecule has 1 aliphatic rings. The summed E-state index contributed by atoms with van der Waals surface area (Å²) in [5.41, 5.74) is 1.57. The molecule has 0 fully saturated rings. The quantitative estimate of drug-likeness (QED) is 0.225. The lowest BCUT2D eigenvalue weighted by molar-refractivity contribution is -0.324. The van der Waals surface area contributed by atoms with Crippen LogP contribution in [0.5, 0.6) is 5.75 Å². The molecular weight excluding hydrogens is 496 g/mol. The van der Waals surface area contributed by atoms with Crippen molar-refractivity contribution in [3.63, 3.8) is 0 Å². The summed E-state index contributed by atoms with van der Waals surface area (Å²) in [4.78, 5) is 29.0. The number of carbonyl (C=O) groups excluding carboxylic acids is 1. The SMILES string of the molecule is NC1=NC(C(F)F)COC1.O=C(Nc1ccc(F)c(F)c1)c1[nH]c(=O)c(Cl)c(O)c1C(O)(O)O. The van der Waals surface area contributed by atoms with E-state index in [1.165, 1.54) is 0 Å². The topological polar surface area (TPSA) is 190 Å². The highest BCUT2D eigenvalue weighted by Gasteiger charge is 2.35. The first-order valence-electron chi connectivity index (χ1n) is 8.99. The fraction of sp³-hybridized carbons (Fsp3) is 0.278. The van der Waals surface area contributed by atoms with Gasteiger partial charge < -0.3 is 41.2 Å². The maximum Gasteiger partial charge on any atom is 0.310 e. The second kappa shape index (κ2) is 10.8. The second-order valence-electron chi connectivity index (χ2n) is 6.62. The first-order valence-corrected chi connectivity index (χ1v) is 9.37. The minimum Gasteiger partial charge on any atom is -0.505 e. The van der Waals surface area contributed by atoms with E-state index >= 15 is 0 Å². The Balaban J connectivity index is 0.000000340. The van der Waals surface area contributed by atoms with E-state index in [1.807, 2.05) is 10.3 Å². The number of hydrogen-bond acceptors (Lipinski definition) is 9. The lowest BCUT2D eigenvalue weighted by Crippen LogP contribution is -2.34. The molecule has 2 aromatic rings. The Kier molecular flexibility index (Phi) is 8.57. The summed E-state index contributed by atoms with van der Waals surface area (Å²) in [6.45, 7) is 0.140. The molecule has 16 heteroatoms. The Morgan fingerprint density at radius 1 is 1.29 bits per heavy atom. The van der Waals surface area contributed by atoms with Crippen LogP contribution in [0.15, 0.2) is 28.0 Å². The van der Waals surface area contributed by atoms with Gasteiger partial charge in [0.15, 0.2) is 17.4 Å². The van der Waals surface area contributed by atoms with E-state index in [2.05, 4.69) is 4.99 Å². The van der Waals surface area contributed by atoms with Crippen LogP contribution in [0.2, 0.25) is 5.02 Å². The van der Waals surface area contributed by atoms with E-state index in [-0.39, 0.29) is 24.7 Å². The van der Waals surface area contributed by atoms with Crippen molar-refractivity contribution < 1.29 is 47.5 Å². The van der Waals surface area contributed by atoms with Gasteiger partial charge >= 0.3 is 5.97 Å². The Morgan fingerprint density at radius 3 is 2.44 bits per heavy atom. The number of aliphatic hydroxyl groups is 3. The van der Waals surface area contributed by atoms with Gasteiger partial charge in [-0.2, -0.15) is 0 Å². The van der Waals surface area contributed by atoms with Crippen LogP contribution in [0.4, 0.5) is 23.2 Å². The zero-order valence-electron chi connectivity index (χ0n) is 16.7. The molecule has 1 atom stereocenters. The van der Waals surface area contributed by atoms with Crippen LogP contribution in [0, 0.1) is 11.6 Å². The molecule has 1 aliphatic heterocycles. The fourth-order valence-electron chi connectivity index (χ4n) is 2.53. The molecular formula is C18H17ClF4N4O7. The molecule has 8 N–H and O–H groups in total. The molecule has 11 nitrogen and oxygen atoms in total. The number of hydrogen-bond donors (Lipinski definition) is 7. The molecule has 0 bridgehead atoms. The minimum absolute atomic E-state index is 0.0294. The average Bonchev–Trinajstić information content (AvgIpc) is 2.73. The number of amidine groups is 1. The van der Waals surface area contributed by atoms with Crippen molar-refractivity contribution in [2.45, 2.75) is 18.4 Å². The van der Waals surface area contributed by atoms with E-state index < -0.39 is 63.6 Å². The zero-order valence-corrected chi connectivity index (χ0v) is 17.5. The van der Waals surface area contributed by atoms with E-state index in [0.717, 1.165) is 6.07 Å². The summed E-state index contributed by atoms with van der Waals surface area (Å²) < 4.78 is 54.4. The number of benzene rings is 1. The number of ether oxygens (including phenoxy) is 1. The van der Waals surface area contributed by atoms with Crippen molar-refractivity contribution in [2.75, 3.05) is 18.5 Å². The Bertz CT molecular complexity index is 1150. The second-order valence-corrected chi connectivity index (χ2v) is 7.00. The van der Waals surface area contributed by atoms with Gasteiger partial charge in [0, 0.05) is 11.8 Å². The van der Waals surface area contributed by atoms with Gasteiger partial charge in [-0.25, -0.2) is 17.6 Å². The number of nitrogens with zero attached hydrogens (tertiary/aromatic N) is 1. The van der Waals surface area contributed by atoms with Gasteiger partial charge in [-0.15, -0.1) is 0 Å². The van der Waals surface area contributed by atoms with Crippen molar-refractivity contribution in [3.8, 4) is 5.75 Å². The maximum atomic E-state index is 13.1. The van der Waals surface area contributed by atoms with Crippen molar-refractivity contribution in [3.05, 3.63) is 56.5 Å². The number of halogens is 5. The molecule has 1 unspecified atom stereocenters. The summed E-state index contributed by atoms with van der Waals surface area (Å²) in [6, 6.07) is 1.25. The summed E-state index contributed by atoms with van der Waals surface area (Å²) in [5, 5.41) is 38.5. The minimum atomic E-state index is -3.72. The number of aromatic hydroxyl groups is 1. The first kappa shape index (κ1) is 27.0. The Hall–Kier alpha value is -3.24. The molecule has 3 rings (SSSR count). The number of aromatic nitrogens is 1. The predicted molar refractivity (Wildman–Crippen MR) is 109 cm³/mol. The van der Waals surface area contributed by atoms with Crippen LogP contribution in [0.25, 0.3) is 0 Å². The van der Waals surface area contributed by atoms with Crippen molar-refractivity contribution in [1.29, 1.82) is 0 Å². The van der Waals surface area contributed by atoms with Crippen molar-refractivity contribution in [1.82, 2.24) is 4.98 Å². The maximum absolute atomic E-state index is 13.1. The number of anilines is 1. The number of H-pyrrole nitrogens is 1. The van der Waals surface area contributed by atoms with Gasteiger partial charge in [0.05, 0.1) is 6.61 Å². The number of alkyl halides is 2. The Morgan fingerprint density at radius 2 is 1.94 bits per heavy atom. The standard InChI is InChI=1S/C13H9ClF2N2O6.C5H8F2N2O/c14-8-10(19)7(13(22,23)24)9(18-11(8)20)12(21)17-4-1-2-5(15)6(16)3-4;6-5(7)3-1-10-2-4(8)9-3/h1-3,22-24H,(H,17,21)(H2,18,19,20);3,5H,1-2H2,(H2,8,9). The van der Waals surface area contributed by atoms with Gasteiger partial charge in [-0.3, -0.25) is 14.6 Å². The fourth-order valence-corrected chi connectivity index (χ4v) is 2.67. The summed E-state index contributed by atoms with van der Waals surface area (Å²) in [6.07, 6.45) is -2.47. The molecule has 1 amide bonds. The van der Waals surface area contributed by atoms with Gasteiger partial charge in [-0.1, -0.05) is 11.6 Å². The van der Waals surface area contributed by atoms with E-state index in [4.69, 9.17) is 22.1 Å². The number of aromatic amines is 1. The van der Waals surface area contributed by atoms with Gasteiger partial charge in [0.25, 0.3) is 17.9 Å². The summed E-state index contributed by atoms with van der Waals surface area (Å²) in [5.74, 6) is -8.55. The number of carbonyl (C=O) groups is 1. The zero-order chi connectivity index (χ0) is 25.8. The molecule has 0 spiro atoms. The van der Waals surface area contributed by atoms with Crippen molar-refractivity contribution >= 4 is 29.0 Å². The molecule has 0 saturated carbocycles. The highest BCUT2D eigenvalue weighted by Crippen LogP contribution is 2.32. The molecule has 1 aromatic heterocycles. The van der Waals surface area contributed by atoms with E-state index in [1.54, 1.807) is 0 Å². The molecule has 186 valence electrons. The van der Waals surface area contributed by atoms with Crippen LogP contribution in [-0.4, -0.2) is 62.8 Å². The van der Waals surface area contributed by atoms with Crippen LogP contribution in [-0.2, 0) is 10.7 Å². The average molecular weight is 513 g/mol. The number of aliphatic imine (C=N–C) groups is 1. The highest BCUT2D eigenvalue weighted by atomic mass is 35.5. The normalized spacial score (nSPS) is 15.9. The lowest BCUT2D eigenvalue weighted by Gasteiger charge is -2.19. The number of amides is 1. The smallest absolute Gasteiger partial charge is 0.310 e. The van der Waals surface area contributed by atoms with E-state index in [9.17, 15) is 47.6 Å². The number of nitrogens with two attached hydrogens (primary N) is 1. The molecule has 0 saturated heterocycles. The third kappa shape index (κ3) is 6.64. The van der Waals surface area contributed by atoms with Crippen LogP contribution in [0.1, 0.15) is 16.1 Å². The molecule has 34 heavy (non-hydrogen) atoms. The first-order chi connectivity index (χ1) is 15.7. The summed E-state index contributed by atoms with van der Waals surface area (Å²) >= 11 is 5.41. The van der Waals surface area contributed by atoms with Crippen LogP contribution >= 0.6 is 11.6 Å². The number of pyridine rings is 1. The Labute approximate surface area is 192 Å². The van der Waals surface area contributed by atoms with Gasteiger partial charge in [-0.05, 0) is 12.1 Å². The van der Waals surface area contributed by atoms with Gasteiger partial charge in [0.2, 0.25) is 0 Å². The third-order valence-electron chi connectivity index (χ3n) is 4.03. The molecule has 1 aromatic carbocycles. The predicted octanol–water partition coefficient (Wildman–Crippen LogP) is 0.359. The largest absolute Gasteiger partial charge is 0.505 e. The number of nitrogens with one attached hydrogen (secondary N) is 2. The molecule has 0 aliphatic carbocycles. The number of rotatable bonds is 4. The van der Waals surface area contributed by atoms with Crippen LogP contribution < -0.4 is 16.6 Å². The van der Waals surface area contributed by atoms with Crippen LogP contribution in [0.3, 0.4) is 0 Å². The van der Waals surface area contributed by atoms with E-state index in [0.29, 0.717) is 12.1 Å². The highest BCUT2D eigenvalue weighted by molar-refractivity contribution is 6.32. The molecule has 0 radical (unpaired) electrons. The third-order valence-corrected chi connectivity index (χ3v) is 4.38.